The molecule has 7 heteroatoms. The van der Waals surface area contributed by atoms with Gasteiger partial charge in [-0.2, -0.15) is 0 Å². The summed E-state index contributed by atoms with van der Waals surface area (Å²) in [7, 11) is 0. The van der Waals surface area contributed by atoms with Gasteiger partial charge >= 0.3 is 0 Å². The van der Waals surface area contributed by atoms with Gasteiger partial charge in [0.05, 0.1) is 17.8 Å². The van der Waals surface area contributed by atoms with Gasteiger partial charge in [-0.1, -0.05) is 18.2 Å². The van der Waals surface area contributed by atoms with Crippen LogP contribution in [0.2, 0.25) is 0 Å². The number of halogens is 1. The van der Waals surface area contributed by atoms with E-state index in [0.717, 1.165) is 11.3 Å². The lowest BCUT2D eigenvalue weighted by Gasteiger charge is -2.06. The highest BCUT2D eigenvalue weighted by Crippen LogP contribution is 2.22. The Hall–Kier alpha value is -4.00. The van der Waals surface area contributed by atoms with Gasteiger partial charge in [0.25, 0.3) is 5.56 Å². The molecule has 0 saturated heterocycles. The second kappa shape index (κ2) is 6.81. The average Bonchev–Trinajstić information content (AvgIpc) is 3.34. The Bertz CT molecular complexity index is 1440. The number of hydrogen-bond donors (Lipinski definition) is 1. The van der Waals surface area contributed by atoms with Gasteiger partial charge in [0.2, 0.25) is 0 Å². The molecular weight excluding hydrogens is 383 g/mol. The minimum atomic E-state index is -0.574. The zero-order valence-corrected chi connectivity index (χ0v) is 16.1. The lowest BCUT2D eigenvalue weighted by molar-refractivity contribution is 0.103. The summed E-state index contributed by atoms with van der Waals surface area (Å²) in [5, 5.41) is 0.471. The second-order valence-corrected chi connectivity index (χ2v) is 7.20. The summed E-state index contributed by atoms with van der Waals surface area (Å²) in [5.74, 6) is -1.02. The van der Waals surface area contributed by atoms with E-state index in [2.05, 4.69) is 9.97 Å². The molecule has 0 amide bonds. The Balaban J connectivity index is 1.55. The van der Waals surface area contributed by atoms with E-state index in [1.165, 1.54) is 16.8 Å². The fraction of sp³-hybridized carbons (Fsp3) is 0.0870. The smallest absolute Gasteiger partial charge is 0.275 e. The highest BCUT2D eigenvalue weighted by Gasteiger charge is 2.21. The predicted molar refractivity (Wildman–Crippen MR) is 111 cm³/mol. The number of H-pyrrole nitrogens is 1. The molecular formula is C23H17FN4O2. The minimum Gasteiger partial charge on any atom is -0.356 e. The Morgan fingerprint density at radius 3 is 2.80 bits per heavy atom. The highest BCUT2D eigenvalue weighted by atomic mass is 19.1. The zero-order valence-electron chi connectivity index (χ0n) is 16.1. The Morgan fingerprint density at radius 2 is 2.00 bits per heavy atom. The molecule has 0 unspecified atom stereocenters. The number of carbonyl (C=O) groups excluding carboxylic acids is 1. The largest absolute Gasteiger partial charge is 0.356 e. The molecule has 0 atom stereocenters. The standard InChI is InChI=1S/C23H17FN4O2/c1-14-5-4-6-18(24)20(14)22(29)17-11-25-21-16(17)8-10-28(23(21)30)13-15-12-27-9-3-2-7-19(27)26-15/h2-12,25H,13H2,1H3. The van der Waals surface area contributed by atoms with Crippen LogP contribution in [0.25, 0.3) is 16.6 Å². The summed E-state index contributed by atoms with van der Waals surface area (Å²) in [5.41, 5.74) is 2.42. The molecule has 148 valence electrons. The molecule has 1 aromatic carbocycles. The fourth-order valence-electron chi connectivity index (χ4n) is 3.76. The maximum atomic E-state index is 14.3. The number of pyridine rings is 2. The van der Waals surface area contributed by atoms with E-state index in [1.807, 2.05) is 35.0 Å². The van der Waals surface area contributed by atoms with Gasteiger partial charge in [0, 0.05) is 35.7 Å². The monoisotopic (exact) mass is 400 g/mol. The second-order valence-electron chi connectivity index (χ2n) is 7.20. The summed E-state index contributed by atoms with van der Waals surface area (Å²) in [6.07, 6.45) is 6.87. The number of aromatic amines is 1. The summed E-state index contributed by atoms with van der Waals surface area (Å²) >= 11 is 0. The van der Waals surface area contributed by atoms with Crippen molar-refractivity contribution < 1.29 is 9.18 Å². The maximum Gasteiger partial charge on any atom is 0.275 e. The molecule has 0 saturated carbocycles. The van der Waals surface area contributed by atoms with Crippen LogP contribution in [0.5, 0.6) is 0 Å². The Kier molecular flexibility index (Phi) is 4.10. The first-order valence-corrected chi connectivity index (χ1v) is 9.46. The van der Waals surface area contributed by atoms with Gasteiger partial charge in [0.15, 0.2) is 5.78 Å². The van der Waals surface area contributed by atoms with Crippen molar-refractivity contribution in [2.45, 2.75) is 13.5 Å². The molecule has 5 aromatic rings. The Labute approximate surface area is 170 Å². The number of aromatic nitrogens is 4. The van der Waals surface area contributed by atoms with Crippen LogP contribution >= 0.6 is 0 Å². The van der Waals surface area contributed by atoms with E-state index in [0.29, 0.717) is 23.0 Å². The quantitative estimate of drug-likeness (QED) is 0.468. The normalized spacial score (nSPS) is 11.4. The molecule has 0 aliphatic carbocycles. The topological polar surface area (TPSA) is 72.2 Å². The molecule has 1 N–H and O–H groups in total. The number of fused-ring (bicyclic) bond motifs is 2. The number of benzene rings is 1. The molecule has 0 aliphatic rings. The zero-order chi connectivity index (χ0) is 20.8. The number of nitrogens with one attached hydrogen (secondary N) is 1. The number of carbonyl (C=O) groups is 1. The lowest BCUT2D eigenvalue weighted by atomic mass is 9.98. The molecule has 0 spiro atoms. The minimum absolute atomic E-state index is 0.0206. The third kappa shape index (κ3) is 2.83. The van der Waals surface area contributed by atoms with Crippen molar-refractivity contribution >= 4 is 22.3 Å². The molecule has 0 aliphatic heterocycles. The molecule has 5 rings (SSSR count). The summed E-state index contributed by atoms with van der Waals surface area (Å²) < 4.78 is 17.7. The van der Waals surface area contributed by atoms with E-state index in [1.54, 1.807) is 31.3 Å². The number of rotatable bonds is 4. The van der Waals surface area contributed by atoms with Crippen molar-refractivity contribution in [2.24, 2.45) is 0 Å². The van der Waals surface area contributed by atoms with E-state index >= 15 is 0 Å². The first-order chi connectivity index (χ1) is 14.5. The van der Waals surface area contributed by atoms with Gasteiger partial charge in [0.1, 0.15) is 17.0 Å². The lowest BCUT2D eigenvalue weighted by Crippen LogP contribution is -2.20. The molecule has 4 aromatic heterocycles. The average molecular weight is 400 g/mol. The number of ketones is 1. The summed E-state index contributed by atoms with van der Waals surface area (Å²) in [6, 6.07) is 11.9. The van der Waals surface area contributed by atoms with Crippen LogP contribution in [0.3, 0.4) is 0 Å². The summed E-state index contributed by atoms with van der Waals surface area (Å²) in [6.45, 7) is 1.98. The first kappa shape index (κ1) is 18.1. The van der Waals surface area contributed by atoms with Gasteiger partial charge in [-0.05, 0) is 36.8 Å². The van der Waals surface area contributed by atoms with Gasteiger partial charge < -0.3 is 14.0 Å². The van der Waals surface area contributed by atoms with Crippen molar-refractivity contribution in [1.82, 2.24) is 18.9 Å². The Morgan fingerprint density at radius 1 is 1.13 bits per heavy atom. The summed E-state index contributed by atoms with van der Waals surface area (Å²) in [4.78, 5) is 33.3. The van der Waals surface area contributed by atoms with Gasteiger partial charge in [-0.25, -0.2) is 9.37 Å². The number of nitrogens with zero attached hydrogens (tertiary/aromatic N) is 3. The SMILES string of the molecule is Cc1cccc(F)c1C(=O)c1c[nH]c2c(=O)n(Cc3cn4ccccc4n3)ccc12. The molecule has 6 nitrogen and oxygen atoms in total. The molecule has 0 radical (unpaired) electrons. The number of imidazole rings is 1. The first-order valence-electron chi connectivity index (χ1n) is 9.46. The number of hydrogen-bond acceptors (Lipinski definition) is 3. The van der Waals surface area contributed by atoms with Crippen molar-refractivity contribution in [2.75, 3.05) is 0 Å². The van der Waals surface area contributed by atoms with Crippen LogP contribution in [-0.2, 0) is 6.54 Å². The van der Waals surface area contributed by atoms with E-state index in [4.69, 9.17) is 0 Å². The molecule has 0 bridgehead atoms. The van der Waals surface area contributed by atoms with Gasteiger partial charge in [-0.15, -0.1) is 0 Å². The highest BCUT2D eigenvalue weighted by molar-refractivity contribution is 6.16. The van der Waals surface area contributed by atoms with Crippen molar-refractivity contribution in [1.29, 1.82) is 0 Å². The van der Waals surface area contributed by atoms with Crippen molar-refractivity contribution in [3.8, 4) is 0 Å². The molecule has 30 heavy (non-hydrogen) atoms. The molecule has 0 fully saturated rings. The fourth-order valence-corrected chi connectivity index (χ4v) is 3.76. The third-order valence-electron chi connectivity index (χ3n) is 5.26. The number of aryl methyl sites for hydroxylation is 1. The van der Waals surface area contributed by atoms with Crippen LogP contribution in [0.4, 0.5) is 4.39 Å². The van der Waals surface area contributed by atoms with Gasteiger partial charge in [-0.3, -0.25) is 9.59 Å². The van der Waals surface area contributed by atoms with Crippen LogP contribution in [0.1, 0.15) is 27.2 Å². The van der Waals surface area contributed by atoms with E-state index in [-0.39, 0.29) is 16.7 Å². The third-order valence-corrected chi connectivity index (χ3v) is 5.26. The molecule has 4 heterocycles. The van der Waals surface area contributed by atoms with Crippen molar-refractivity contribution in [3.05, 3.63) is 106 Å². The van der Waals surface area contributed by atoms with E-state index in [9.17, 15) is 14.0 Å². The van der Waals surface area contributed by atoms with Crippen LogP contribution in [0, 0.1) is 12.7 Å². The van der Waals surface area contributed by atoms with Crippen LogP contribution in [-0.4, -0.2) is 24.7 Å². The van der Waals surface area contributed by atoms with Crippen LogP contribution < -0.4 is 5.56 Å². The van der Waals surface area contributed by atoms with Crippen LogP contribution in [0.15, 0.2) is 72.0 Å². The van der Waals surface area contributed by atoms with Crippen molar-refractivity contribution in [3.63, 3.8) is 0 Å². The predicted octanol–water partition coefficient (Wildman–Crippen LogP) is 3.70. The van der Waals surface area contributed by atoms with E-state index < -0.39 is 11.6 Å². The maximum absolute atomic E-state index is 14.3.